The van der Waals surface area contributed by atoms with Crippen molar-refractivity contribution < 1.29 is 37.3 Å². The predicted octanol–water partition coefficient (Wildman–Crippen LogP) is 8.13. The number of phenolic OH excluding ortho intramolecular Hbond substituents is 1. The number of ether oxygens (including phenoxy) is 2. The zero-order valence-electron chi connectivity index (χ0n) is 40.3. The van der Waals surface area contributed by atoms with Gasteiger partial charge in [-0.3, -0.25) is 24.7 Å². The number of aryl methyl sites for hydroxylation is 2. The average Bonchev–Trinajstić information content (AvgIpc) is 4.06. The molecule has 0 radical (unpaired) electrons. The molecule has 6 fully saturated rings. The quantitative estimate of drug-likeness (QED) is 0.129. The number of anilines is 2. The Labute approximate surface area is 409 Å². The van der Waals surface area contributed by atoms with Crippen LogP contribution in [-0.4, -0.2) is 129 Å². The van der Waals surface area contributed by atoms with Gasteiger partial charge in [0.2, 0.25) is 5.91 Å². The van der Waals surface area contributed by atoms with Gasteiger partial charge < -0.3 is 29.3 Å². The van der Waals surface area contributed by atoms with Crippen LogP contribution in [0.2, 0.25) is 0 Å². The molecule has 12 rings (SSSR count). The number of urea groups is 1. The minimum absolute atomic E-state index is 0.0307. The van der Waals surface area contributed by atoms with Gasteiger partial charge in [-0.25, -0.2) is 18.0 Å². The van der Waals surface area contributed by atoms with Crippen LogP contribution in [0.15, 0.2) is 42.6 Å². The Morgan fingerprint density at radius 1 is 0.901 bits per heavy atom. The van der Waals surface area contributed by atoms with Gasteiger partial charge in [0.1, 0.15) is 34.4 Å². The summed E-state index contributed by atoms with van der Waals surface area (Å²) in [6.45, 7) is 9.09. The lowest BCUT2D eigenvalue weighted by Gasteiger charge is -2.48. The zero-order chi connectivity index (χ0) is 48.8. The molecular weight excluding hydrogens is 914 g/mol. The SMILES string of the molecule is CCc1c(F)ccc2cc(O)cc(-c3ncc4c(N5CCC[C@]6(CCO6)C5)nc(OCC5(CN6CCC(N7CCC(c8cc9c(cc8F)c(N8CCC(=O)NC8=O)nn9C)CC7)CC6)CC5)nc4c3F)c12. The Hall–Kier alpha value is -6.11. The number of amides is 3. The van der Waals surface area contributed by atoms with Crippen molar-refractivity contribution in [2.45, 2.75) is 95.1 Å². The molecule has 1 spiro atoms. The van der Waals surface area contributed by atoms with E-state index < -0.39 is 17.7 Å². The number of nitrogens with zero attached hydrogens (tertiary/aromatic N) is 9. The molecule has 0 unspecified atom stereocenters. The molecule has 3 aromatic heterocycles. The van der Waals surface area contributed by atoms with Crippen molar-refractivity contribution in [2.24, 2.45) is 12.5 Å². The second-order valence-electron chi connectivity index (χ2n) is 21.0. The van der Waals surface area contributed by atoms with Crippen molar-refractivity contribution in [3.05, 3.63) is 71.2 Å². The molecule has 372 valence electrons. The van der Waals surface area contributed by atoms with Crippen molar-refractivity contribution in [1.29, 1.82) is 0 Å². The Kier molecular flexibility index (Phi) is 11.6. The first-order chi connectivity index (χ1) is 34.4. The highest BCUT2D eigenvalue weighted by molar-refractivity contribution is 6.09. The number of imide groups is 1. The number of piperidine rings is 3. The first-order valence-electron chi connectivity index (χ1n) is 25.4. The largest absolute Gasteiger partial charge is 0.508 e. The van der Waals surface area contributed by atoms with Crippen LogP contribution in [0.1, 0.15) is 88.2 Å². The molecule has 5 aliphatic heterocycles. The van der Waals surface area contributed by atoms with E-state index in [1.54, 1.807) is 30.1 Å². The molecule has 2 N–H and O–H groups in total. The molecule has 6 aromatic rings. The molecule has 71 heavy (non-hydrogen) atoms. The average molecular weight is 973 g/mol. The number of carbonyl (C=O) groups excluding carboxylic acids is 2. The predicted molar refractivity (Wildman–Crippen MR) is 262 cm³/mol. The summed E-state index contributed by atoms with van der Waals surface area (Å²) in [7, 11) is 1.79. The fourth-order valence-corrected chi connectivity index (χ4v) is 12.3. The molecule has 15 nitrogen and oxygen atoms in total. The minimum atomic E-state index is -0.687. The van der Waals surface area contributed by atoms with E-state index in [1.165, 1.54) is 23.1 Å². The van der Waals surface area contributed by atoms with Crippen molar-refractivity contribution in [1.82, 2.24) is 39.8 Å². The van der Waals surface area contributed by atoms with Crippen LogP contribution in [0, 0.1) is 22.9 Å². The summed E-state index contributed by atoms with van der Waals surface area (Å²) < 4.78 is 62.7. The van der Waals surface area contributed by atoms with Gasteiger partial charge in [0.25, 0.3) is 0 Å². The highest BCUT2D eigenvalue weighted by Gasteiger charge is 2.46. The molecule has 3 aromatic carbocycles. The monoisotopic (exact) mass is 972 g/mol. The van der Waals surface area contributed by atoms with E-state index >= 15 is 13.2 Å². The van der Waals surface area contributed by atoms with Crippen LogP contribution in [0.3, 0.4) is 0 Å². The second-order valence-corrected chi connectivity index (χ2v) is 21.0. The van der Waals surface area contributed by atoms with Gasteiger partial charge in [-0.1, -0.05) is 13.0 Å². The Bertz CT molecular complexity index is 3110. The van der Waals surface area contributed by atoms with Crippen LogP contribution >= 0.6 is 0 Å². The number of hydrogen-bond donors (Lipinski definition) is 2. The third kappa shape index (κ3) is 8.38. The van der Waals surface area contributed by atoms with Gasteiger partial charge in [-0.05, 0) is 142 Å². The number of halogens is 3. The molecule has 0 bridgehead atoms. The first-order valence-corrected chi connectivity index (χ1v) is 25.4. The number of rotatable bonds is 11. The lowest BCUT2D eigenvalue weighted by Crippen LogP contribution is -2.56. The van der Waals surface area contributed by atoms with Gasteiger partial charge in [-0.2, -0.15) is 15.1 Å². The number of nitrogens with one attached hydrogen (secondary N) is 1. The summed E-state index contributed by atoms with van der Waals surface area (Å²) >= 11 is 0. The highest BCUT2D eigenvalue weighted by Crippen LogP contribution is 2.48. The summed E-state index contributed by atoms with van der Waals surface area (Å²) in [4.78, 5) is 47.4. The smallest absolute Gasteiger partial charge is 0.329 e. The molecule has 5 saturated heterocycles. The van der Waals surface area contributed by atoms with Crippen LogP contribution in [0.4, 0.5) is 29.6 Å². The summed E-state index contributed by atoms with van der Waals surface area (Å²) in [5.41, 5.74) is 1.85. The maximum absolute atomic E-state index is 17.2. The maximum Gasteiger partial charge on any atom is 0.329 e. The fraction of sp³-hybridized carbons (Fsp3) is 0.509. The summed E-state index contributed by atoms with van der Waals surface area (Å²) in [6, 6.07) is 9.36. The molecule has 3 amide bonds. The fourth-order valence-electron chi connectivity index (χ4n) is 12.3. The lowest BCUT2D eigenvalue weighted by atomic mass is 9.86. The van der Waals surface area contributed by atoms with Crippen LogP contribution < -0.4 is 19.9 Å². The standard InChI is InChI=1S/C53H59F3N10O5/c1-3-35-40(54)6-5-32-23-34(67)24-38(44(32)35)46-45(56)47-39(27-57-46)48(65-16-4-12-53(29-65)15-22-71-53)60-50(59-47)70-30-52(13-14-52)28-63-17-9-33(10-18-63)64-19-7-31(8-20-64)36-26-42-37(25-41(36)55)49(61-62(42)2)66-21-11-43(68)58-51(66)69/h5-6,23-27,31,33,67H,3-4,7-22,28-30H2,1-2H3,(H,58,68,69)/t53-/m0/s1. The van der Waals surface area contributed by atoms with E-state index in [-0.39, 0.29) is 64.6 Å². The molecule has 1 saturated carbocycles. The van der Waals surface area contributed by atoms with Gasteiger partial charge in [0.15, 0.2) is 11.6 Å². The maximum atomic E-state index is 17.2. The van der Waals surface area contributed by atoms with Crippen LogP contribution in [-0.2, 0) is 23.0 Å². The Balaban J connectivity index is 0.720. The third-order valence-corrected chi connectivity index (χ3v) is 16.5. The summed E-state index contributed by atoms with van der Waals surface area (Å²) in [5, 5.41) is 19.8. The number of pyridine rings is 1. The van der Waals surface area contributed by atoms with Gasteiger partial charge in [0.05, 0.1) is 29.7 Å². The summed E-state index contributed by atoms with van der Waals surface area (Å²) in [5.74, 6) is -0.811. The molecule has 6 aliphatic rings. The second kappa shape index (κ2) is 17.9. The van der Waals surface area contributed by atoms with E-state index in [1.807, 2.05) is 13.0 Å². The van der Waals surface area contributed by atoms with E-state index in [0.29, 0.717) is 82.0 Å². The summed E-state index contributed by atoms with van der Waals surface area (Å²) in [6.07, 6.45) is 10.7. The van der Waals surface area contributed by atoms with Gasteiger partial charge >= 0.3 is 12.0 Å². The zero-order valence-corrected chi connectivity index (χ0v) is 40.3. The minimum Gasteiger partial charge on any atom is -0.508 e. The first kappa shape index (κ1) is 46.0. The molecule has 18 heteroatoms. The van der Waals surface area contributed by atoms with Crippen LogP contribution in [0.25, 0.3) is 43.8 Å². The number of phenols is 1. The molecule has 1 aliphatic carbocycles. The number of carbonyl (C=O) groups is 2. The van der Waals surface area contributed by atoms with Crippen molar-refractivity contribution in [3.8, 4) is 23.0 Å². The lowest BCUT2D eigenvalue weighted by molar-refractivity contribution is -0.151. The van der Waals surface area contributed by atoms with Crippen molar-refractivity contribution in [2.75, 3.05) is 75.4 Å². The van der Waals surface area contributed by atoms with Crippen molar-refractivity contribution in [3.63, 3.8) is 0 Å². The number of hydrogen-bond acceptors (Lipinski definition) is 12. The Morgan fingerprint density at radius 3 is 2.44 bits per heavy atom. The molecular formula is C53H59F3N10O5. The van der Waals surface area contributed by atoms with Gasteiger partial charge in [-0.15, -0.1) is 0 Å². The highest BCUT2D eigenvalue weighted by atomic mass is 19.1. The topological polar surface area (TPSA) is 154 Å². The van der Waals surface area contributed by atoms with E-state index in [4.69, 9.17) is 19.4 Å². The third-order valence-electron chi connectivity index (χ3n) is 16.5. The normalized spacial score (nSPS) is 22.5. The van der Waals surface area contributed by atoms with E-state index in [9.17, 15) is 14.7 Å². The molecule has 8 heterocycles. The number of fused-ring (bicyclic) bond motifs is 3. The van der Waals surface area contributed by atoms with Crippen molar-refractivity contribution >= 4 is 56.2 Å². The van der Waals surface area contributed by atoms with E-state index in [2.05, 4.69) is 30.1 Å². The van der Waals surface area contributed by atoms with E-state index in [0.717, 1.165) is 103 Å². The number of benzene rings is 3. The number of aromatic nitrogens is 5. The number of aromatic hydroxyl groups is 1. The van der Waals surface area contributed by atoms with Crippen LogP contribution in [0.5, 0.6) is 11.8 Å². The Morgan fingerprint density at radius 2 is 1.70 bits per heavy atom. The number of likely N-dealkylation sites (tertiary alicyclic amines) is 2. The molecule has 1 atom stereocenters. The van der Waals surface area contributed by atoms with Gasteiger partial charge in [0, 0.05) is 74.7 Å².